The van der Waals surface area contributed by atoms with Gasteiger partial charge < -0.3 is 15.2 Å². The van der Waals surface area contributed by atoms with Crippen molar-refractivity contribution in [3.8, 4) is 5.75 Å². The minimum Gasteiger partial charge on any atom is -0.496 e. The van der Waals surface area contributed by atoms with Gasteiger partial charge in [0.2, 0.25) is 5.91 Å². The zero-order chi connectivity index (χ0) is 18.4. The Hall–Kier alpha value is -2.33. The predicted octanol–water partition coefficient (Wildman–Crippen LogP) is 3.42. The maximum atomic E-state index is 12.6. The maximum absolute atomic E-state index is 12.6. The van der Waals surface area contributed by atoms with Crippen molar-refractivity contribution in [2.75, 3.05) is 13.7 Å². The third-order valence-electron chi connectivity index (χ3n) is 4.44. The smallest absolute Gasteiger partial charge is 0.226 e. The zero-order valence-corrected chi connectivity index (χ0v) is 15.4. The van der Waals surface area contributed by atoms with Crippen LogP contribution in [0.4, 0.5) is 0 Å². The summed E-state index contributed by atoms with van der Waals surface area (Å²) in [6.07, 6.45) is -0.157. The molecular weight excluding hydrogens is 314 g/mol. The first-order chi connectivity index (χ1) is 11.8. The number of nitrogens with one attached hydrogen (secondary N) is 1. The number of hydrogen-bond donors (Lipinski definition) is 2. The van der Waals surface area contributed by atoms with Crippen LogP contribution in [0.5, 0.6) is 5.75 Å². The third-order valence-corrected chi connectivity index (χ3v) is 4.44. The van der Waals surface area contributed by atoms with Gasteiger partial charge in [-0.25, -0.2) is 0 Å². The highest BCUT2D eigenvalue weighted by Gasteiger charge is 2.29. The van der Waals surface area contributed by atoms with E-state index in [4.69, 9.17) is 4.74 Å². The van der Waals surface area contributed by atoms with Crippen LogP contribution in [-0.2, 0) is 11.2 Å². The van der Waals surface area contributed by atoms with Gasteiger partial charge in [-0.15, -0.1) is 0 Å². The van der Waals surface area contributed by atoms with Crippen LogP contribution < -0.4 is 10.1 Å². The van der Waals surface area contributed by atoms with Crippen molar-refractivity contribution < 1.29 is 14.6 Å². The van der Waals surface area contributed by atoms with Gasteiger partial charge in [0.05, 0.1) is 13.2 Å². The second-order valence-electron chi connectivity index (χ2n) is 6.95. The van der Waals surface area contributed by atoms with E-state index in [1.807, 2.05) is 69.3 Å². The van der Waals surface area contributed by atoms with E-state index in [1.165, 1.54) is 0 Å². The van der Waals surface area contributed by atoms with Crippen LogP contribution in [0.1, 0.15) is 36.6 Å². The Morgan fingerprint density at radius 2 is 1.80 bits per heavy atom. The van der Waals surface area contributed by atoms with Crippen LogP contribution in [0.3, 0.4) is 0 Å². The number of rotatable bonds is 7. The predicted molar refractivity (Wildman–Crippen MR) is 99.6 cm³/mol. The fourth-order valence-corrected chi connectivity index (χ4v) is 2.90. The first-order valence-electron chi connectivity index (χ1n) is 8.49. The van der Waals surface area contributed by atoms with Gasteiger partial charge in [-0.3, -0.25) is 4.79 Å². The Morgan fingerprint density at radius 1 is 1.16 bits per heavy atom. The van der Waals surface area contributed by atoms with Crippen molar-refractivity contribution in [3.05, 3.63) is 65.2 Å². The molecule has 25 heavy (non-hydrogen) atoms. The lowest BCUT2D eigenvalue weighted by atomic mass is 9.84. The molecule has 0 aromatic heterocycles. The molecule has 0 radical (unpaired) electrons. The van der Waals surface area contributed by atoms with E-state index in [0.29, 0.717) is 6.42 Å². The molecule has 0 aliphatic carbocycles. The number of para-hydroxylation sites is 1. The Balaban J connectivity index is 2.00. The van der Waals surface area contributed by atoms with Crippen LogP contribution in [-0.4, -0.2) is 24.7 Å². The number of methoxy groups -OCH3 is 1. The van der Waals surface area contributed by atoms with Gasteiger partial charge in [-0.2, -0.15) is 0 Å². The molecule has 2 aromatic carbocycles. The zero-order valence-electron chi connectivity index (χ0n) is 15.4. The highest BCUT2D eigenvalue weighted by Crippen LogP contribution is 2.28. The van der Waals surface area contributed by atoms with E-state index in [-0.39, 0.29) is 12.5 Å². The molecule has 0 heterocycles. The normalized spacial score (nSPS) is 12.5. The molecule has 1 unspecified atom stereocenters. The molecule has 0 aliphatic rings. The topological polar surface area (TPSA) is 58.6 Å². The lowest BCUT2D eigenvalue weighted by Crippen LogP contribution is -2.40. The summed E-state index contributed by atoms with van der Waals surface area (Å²) in [7, 11) is 1.63. The van der Waals surface area contributed by atoms with E-state index in [2.05, 4.69) is 5.32 Å². The molecule has 4 nitrogen and oxygen atoms in total. The average Bonchev–Trinajstić information content (AvgIpc) is 2.59. The number of carbonyl (C=O) groups excluding carboxylic acids is 1. The minimum absolute atomic E-state index is 0.0916. The highest BCUT2D eigenvalue weighted by atomic mass is 16.5. The van der Waals surface area contributed by atoms with Gasteiger partial charge in [0.1, 0.15) is 5.75 Å². The summed E-state index contributed by atoms with van der Waals surface area (Å²) in [6.45, 7) is 5.94. The number of amides is 1. The van der Waals surface area contributed by atoms with Gasteiger partial charge in [-0.1, -0.05) is 56.3 Å². The highest BCUT2D eigenvalue weighted by molar-refractivity contribution is 5.82. The number of aliphatic hydroxyl groups is 1. The maximum Gasteiger partial charge on any atom is 0.226 e. The summed E-state index contributed by atoms with van der Waals surface area (Å²) in [5.74, 6) is 0.689. The summed E-state index contributed by atoms with van der Waals surface area (Å²) < 4.78 is 5.37. The SMILES string of the molecule is COc1ccccc1CC(C)(C)C(=O)NCC(O)c1ccccc1C. The van der Waals surface area contributed by atoms with Crippen molar-refractivity contribution in [1.29, 1.82) is 0 Å². The van der Waals surface area contributed by atoms with Gasteiger partial charge in [0.25, 0.3) is 0 Å². The summed E-state index contributed by atoms with van der Waals surface area (Å²) in [5.41, 5.74) is 2.23. The molecule has 0 fully saturated rings. The Bertz CT molecular complexity index is 725. The third kappa shape index (κ3) is 4.83. The van der Waals surface area contributed by atoms with Crippen LogP contribution >= 0.6 is 0 Å². The van der Waals surface area contributed by atoms with Gasteiger partial charge in [0.15, 0.2) is 0 Å². The van der Waals surface area contributed by atoms with Gasteiger partial charge in [-0.05, 0) is 36.1 Å². The number of hydrogen-bond acceptors (Lipinski definition) is 3. The minimum atomic E-state index is -0.716. The second-order valence-corrected chi connectivity index (χ2v) is 6.95. The van der Waals surface area contributed by atoms with Crippen molar-refractivity contribution >= 4 is 5.91 Å². The van der Waals surface area contributed by atoms with Crippen molar-refractivity contribution in [3.63, 3.8) is 0 Å². The molecule has 0 saturated heterocycles. The average molecular weight is 341 g/mol. The molecule has 0 saturated carbocycles. The first-order valence-corrected chi connectivity index (χ1v) is 8.49. The Morgan fingerprint density at radius 3 is 2.48 bits per heavy atom. The molecule has 134 valence electrons. The fraction of sp³-hybridized carbons (Fsp3) is 0.381. The molecule has 2 aromatic rings. The molecule has 2 N–H and O–H groups in total. The number of aliphatic hydroxyl groups excluding tert-OH is 1. The Labute approximate surface area is 149 Å². The first kappa shape index (κ1) is 19.0. The van der Waals surface area contributed by atoms with Gasteiger partial charge >= 0.3 is 0 Å². The van der Waals surface area contributed by atoms with E-state index < -0.39 is 11.5 Å². The van der Waals surface area contributed by atoms with Crippen molar-refractivity contribution in [1.82, 2.24) is 5.32 Å². The lowest BCUT2D eigenvalue weighted by molar-refractivity contribution is -0.129. The standard InChI is InChI=1S/C21H27NO3/c1-15-9-5-7-11-17(15)18(23)14-22-20(24)21(2,3)13-16-10-6-8-12-19(16)25-4/h5-12,18,23H,13-14H2,1-4H3,(H,22,24). The second kappa shape index (κ2) is 8.17. The molecule has 1 atom stereocenters. The van der Waals surface area contributed by atoms with Gasteiger partial charge in [0, 0.05) is 12.0 Å². The molecule has 0 aliphatic heterocycles. The molecule has 4 heteroatoms. The number of aryl methyl sites for hydroxylation is 1. The van der Waals surface area contributed by atoms with Crippen LogP contribution in [0, 0.1) is 12.3 Å². The number of carbonyl (C=O) groups is 1. The van der Waals surface area contributed by atoms with Crippen LogP contribution in [0.15, 0.2) is 48.5 Å². The van der Waals surface area contributed by atoms with Crippen molar-refractivity contribution in [2.24, 2.45) is 5.41 Å². The van der Waals surface area contributed by atoms with E-state index in [9.17, 15) is 9.90 Å². The van der Waals surface area contributed by atoms with E-state index >= 15 is 0 Å². The van der Waals surface area contributed by atoms with Crippen LogP contribution in [0.2, 0.25) is 0 Å². The largest absolute Gasteiger partial charge is 0.496 e. The van der Waals surface area contributed by atoms with Crippen molar-refractivity contribution in [2.45, 2.75) is 33.3 Å². The number of benzene rings is 2. The fourth-order valence-electron chi connectivity index (χ4n) is 2.90. The lowest BCUT2D eigenvalue weighted by Gasteiger charge is -2.25. The monoisotopic (exact) mass is 341 g/mol. The quantitative estimate of drug-likeness (QED) is 0.811. The van der Waals surface area contributed by atoms with E-state index in [1.54, 1.807) is 7.11 Å². The summed E-state index contributed by atoms with van der Waals surface area (Å²) in [4.78, 5) is 12.6. The molecular formula is C21H27NO3. The Kier molecular flexibility index (Phi) is 6.21. The van der Waals surface area contributed by atoms with E-state index in [0.717, 1.165) is 22.4 Å². The van der Waals surface area contributed by atoms with Crippen LogP contribution in [0.25, 0.3) is 0 Å². The molecule has 2 rings (SSSR count). The molecule has 0 bridgehead atoms. The summed E-state index contributed by atoms with van der Waals surface area (Å²) >= 11 is 0. The molecule has 0 spiro atoms. The number of ether oxygens (including phenoxy) is 1. The summed E-state index contributed by atoms with van der Waals surface area (Å²) in [5, 5.41) is 13.2. The molecule has 1 amide bonds. The summed E-state index contributed by atoms with van der Waals surface area (Å²) in [6, 6.07) is 15.4.